The highest BCUT2D eigenvalue weighted by Crippen LogP contribution is 2.31. The van der Waals surface area contributed by atoms with Crippen molar-refractivity contribution in [1.29, 1.82) is 0 Å². The van der Waals surface area contributed by atoms with E-state index in [-0.39, 0.29) is 17.8 Å². The Morgan fingerprint density at radius 3 is 2.92 bits per heavy atom. The topological polar surface area (TPSA) is 63.4 Å². The van der Waals surface area contributed by atoms with Crippen molar-refractivity contribution < 1.29 is 4.79 Å². The van der Waals surface area contributed by atoms with Gasteiger partial charge in [-0.15, -0.1) is 10.2 Å². The number of nitrogens with zero attached hydrogens (tertiary/aromatic N) is 5. The van der Waals surface area contributed by atoms with E-state index in [4.69, 9.17) is 11.6 Å². The van der Waals surface area contributed by atoms with Gasteiger partial charge >= 0.3 is 0 Å². The maximum atomic E-state index is 12.8. The van der Waals surface area contributed by atoms with Crippen LogP contribution in [0.1, 0.15) is 36.8 Å². The molecule has 1 unspecified atom stereocenters. The molecule has 3 heterocycles. The lowest BCUT2D eigenvalue weighted by molar-refractivity contribution is 0.0620. The number of hydrogen-bond acceptors (Lipinski definition) is 5. The van der Waals surface area contributed by atoms with Crippen LogP contribution < -0.4 is 0 Å². The molecule has 1 amide bonds. The predicted molar refractivity (Wildman–Crippen MR) is 93.5 cm³/mol. The minimum absolute atomic E-state index is 0.106. The number of halogens is 1. The molecule has 1 atom stereocenters. The zero-order chi connectivity index (χ0) is 16.7. The summed E-state index contributed by atoms with van der Waals surface area (Å²) in [6, 6.07) is 7.73. The summed E-state index contributed by atoms with van der Waals surface area (Å²) >= 11 is 7.62. The molecule has 6 nitrogen and oxygen atoms in total. The van der Waals surface area contributed by atoms with Crippen molar-refractivity contribution in [3.8, 4) is 10.6 Å². The molecule has 1 aliphatic rings. The van der Waals surface area contributed by atoms with Crippen molar-refractivity contribution >= 4 is 33.8 Å². The van der Waals surface area contributed by atoms with Gasteiger partial charge in [-0.2, -0.15) is 9.61 Å². The lowest BCUT2D eigenvalue weighted by atomic mass is 10.0. The van der Waals surface area contributed by atoms with Crippen molar-refractivity contribution in [3.63, 3.8) is 0 Å². The van der Waals surface area contributed by atoms with Crippen molar-refractivity contribution in [3.05, 3.63) is 35.1 Å². The Kier molecular flexibility index (Phi) is 3.97. The normalized spacial score (nSPS) is 18.2. The van der Waals surface area contributed by atoms with Crippen LogP contribution in [0.15, 0.2) is 24.3 Å². The number of aromatic nitrogens is 4. The Morgan fingerprint density at radius 2 is 2.12 bits per heavy atom. The van der Waals surface area contributed by atoms with E-state index in [1.165, 1.54) is 15.9 Å². The van der Waals surface area contributed by atoms with Crippen LogP contribution in [0.5, 0.6) is 0 Å². The molecule has 3 aromatic rings. The van der Waals surface area contributed by atoms with Gasteiger partial charge in [0.2, 0.25) is 10.8 Å². The highest BCUT2D eigenvalue weighted by atomic mass is 35.5. The van der Waals surface area contributed by atoms with E-state index in [0.29, 0.717) is 9.98 Å². The van der Waals surface area contributed by atoms with E-state index >= 15 is 0 Å². The van der Waals surface area contributed by atoms with Gasteiger partial charge in [0.05, 0.1) is 5.02 Å². The monoisotopic (exact) mass is 361 g/mol. The molecule has 1 fully saturated rings. The molecule has 1 aliphatic heterocycles. The Hall–Kier alpha value is -1.99. The Labute approximate surface area is 148 Å². The fourth-order valence-corrected chi connectivity index (χ4v) is 4.18. The summed E-state index contributed by atoms with van der Waals surface area (Å²) in [7, 11) is 0. The first-order valence-electron chi connectivity index (χ1n) is 7.93. The summed E-state index contributed by atoms with van der Waals surface area (Å²) in [6.07, 6.45) is 3.21. The van der Waals surface area contributed by atoms with Gasteiger partial charge in [-0.05, 0) is 32.3 Å². The van der Waals surface area contributed by atoms with Crippen LogP contribution in [0, 0.1) is 0 Å². The van der Waals surface area contributed by atoms with E-state index in [0.717, 1.165) is 36.4 Å². The highest BCUT2D eigenvalue weighted by Gasteiger charge is 2.29. The first kappa shape index (κ1) is 15.5. The standard InChI is InChI=1S/C16H16ClN5OS/c1-10-6-4-5-9-21(10)15(23)13-18-19-16-22(13)20-14(24-16)11-7-2-3-8-12(11)17/h2-3,7-8,10H,4-6,9H2,1H3. The SMILES string of the molecule is CC1CCCCN1C(=O)c1nnc2sc(-c3ccccc3Cl)nn12. The summed E-state index contributed by atoms with van der Waals surface area (Å²) in [4.78, 5) is 15.3. The van der Waals surface area contributed by atoms with Crippen LogP contribution in [0.3, 0.4) is 0 Å². The van der Waals surface area contributed by atoms with Crippen LogP contribution in [0.25, 0.3) is 15.5 Å². The zero-order valence-electron chi connectivity index (χ0n) is 13.1. The molecular formula is C16H16ClN5OS. The average molecular weight is 362 g/mol. The van der Waals surface area contributed by atoms with Gasteiger partial charge in [-0.1, -0.05) is 41.1 Å². The summed E-state index contributed by atoms with van der Waals surface area (Å²) in [5.41, 5.74) is 0.833. The third kappa shape index (κ3) is 2.57. The number of carbonyl (C=O) groups excluding carboxylic acids is 1. The molecule has 1 saturated heterocycles. The minimum atomic E-state index is -0.106. The first-order chi connectivity index (χ1) is 11.6. The fraction of sp³-hybridized carbons (Fsp3) is 0.375. The number of likely N-dealkylation sites (tertiary alicyclic amines) is 1. The number of carbonyl (C=O) groups is 1. The van der Waals surface area contributed by atoms with Gasteiger partial charge in [-0.3, -0.25) is 4.79 Å². The number of hydrogen-bond donors (Lipinski definition) is 0. The second-order valence-corrected chi connectivity index (χ2v) is 7.31. The summed E-state index contributed by atoms with van der Waals surface area (Å²) in [6.45, 7) is 2.84. The molecule has 2 aromatic heterocycles. The molecule has 24 heavy (non-hydrogen) atoms. The molecule has 0 radical (unpaired) electrons. The van der Waals surface area contributed by atoms with Crippen LogP contribution in [-0.2, 0) is 0 Å². The average Bonchev–Trinajstić information content (AvgIpc) is 3.15. The van der Waals surface area contributed by atoms with E-state index in [1.807, 2.05) is 29.2 Å². The van der Waals surface area contributed by atoms with Crippen LogP contribution in [-0.4, -0.2) is 43.2 Å². The van der Waals surface area contributed by atoms with E-state index in [2.05, 4.69) is 22.2 Å². The lowest BCUT2D eigenvalue weighted by Gasteiger charge is -2.32. The second kappa shape index (κ2) is 6.14. The van der Waals surface area contributed by atoms with Crippen LogP contribution >= 0.6 is 22.9 Å². The fourth-order valence-electron chi connectivity index (χ4n) is 3.02. The van der Waals surface area contributed by atoms with Crippen molar-refractivity contribution in [2.45, 2.75) is 32.2 Å². The zero-order valence-corrected chi connectivity index (χ0v) is 14.7. The third-order valence-electron chi connectivity index (χ3n) is 4.35. The predicted octanol–water partition coefficient (Wildman–Crippen LogP) is 3.52. The molecule has 0 spiro atoms. The van der Waals surface area contributed by atoms with Gasteiger partial charge in [-0.25, -0.2) is 0 Å². The van der Waals surface area contributed by atoms with Crippen molar-refractivity contribution in [2.24, 2.45) is 0 Å². The molecule has 0 saturated carbocycles. The molecule has 0 aliphatic carbocycles. The van der Waals surface area contributed by atoms with Crippen LogP contribution in [0.2, 0.25) is 5.02 Å². The van der Waals surface area contributed by atoms with Gasteiger partial charge in [0.1, 0.15) is 5.01 Å². The Balaban J connectivity index is 1.72. The highest BCUT2D eigenvalue weighted by molar-refractivity contribution is 7.19. The molecule has 0 bridgehead atoms. The molecular weight excluding hydrogens is 346 g/mol. The lowest BCUT2D eigenvalue weighted by Crippen LogP contribution is -2.42. The Morgan fingerprint density at radius 1 is 1.29 bits per heavy atom. The molecule has 0 N–H and O–H groups in total. The molecule has 8 heteroatoms. The van der Waals surface area contributed by atoms with Crippen molar-refractivity contribution in [1.82, 2.24) is 24.7 Å². The van der Waals surface area contributed by atoms with E-state index < -0.39 is 0 Å². The quantitative estimate of drug-likeness (QED) is 0.700. The van der Waals surface area contributed by atoms with Crippen molar-refractivity contribution in [2.75, 3.05) is 6.54 Å². The van der Waals surface area contributed by atoms with E-state index in [1.54, 1.807) is 0 Å². The maximum Gasteiger partial charge on any atom is 0.293 e. The van der Waals surface area contributed by atoms with Gasteiger partial charge in [0.15, 0.2) is 0 Å². The molecule has 4 rings (SSSR count). The van der Waals surface area contributed by atoms with Crippen LogP contribution in [0.4, 0.5) is 0 Å². The summed E-state index contributed by atoms with van der Waals surface area (Å²) in [5.74, 6) is 0.166. The van der Waals surface area contributed by atoms with Gasteiger partial charge in [0.25, 0.3) is 5.91 Å². The number of benzene rings is 1. The number of amides is 1. The largest absolute Gasteiger partial charge is 0.333 e. The molecule has 124 valence electrons. The third-order valence-corrected chi connectivity index (χ3v) is 5.61. The number of rotatable bonds is 2. The first-order valence-corrected chi connectivity index (χ1v) is 9.12. The van der Waals surface area contributed by atoms with E-state index in [9.17, 15) is 4.79 Å². The van der Waals surface area contributed by atoms with Gasteiger partial charge < -0.3 is 4.90 Å². The Bertz CT molecular complexity index is 905. The number of piperidine rings is 1. The summed E-state index contributed by atoms with van der Waals surface area (Å²) < 4.78 is 1.53. The van der Waals surface area contributed by atoms with Gasteiger partial charge in [0, 0.05) is 18.2 Å². The minimum Gasteiger partial charge on any atom is -0.333 e. The summed E-state index contributed by atoms with van der Waals surface area (Å²) in [5, 5.41) is 14.0. The second-order valence-electron chi connectivity index (χ2n) is 5.95. The smallest absolute Gasteiger partial charge is 0.293 e. The number of fused-ring (bicyclic) bond motifs is 1. The molecule has 1 aromatic carbocycles. The maximum absolute atomic E-state index is 12.8.